The highest BCUT2D eigenvalue weighted by molar-refractivity contribution is 6.31. The Kier molecular flexibility index (Phi) is 5.53. The number of hydrogen-bond donors (Lipinski definition) is 1. The fraction of sp³-hybridized carbons (Fsp3) is 0.211. The summed E-state index contributed by atoms with van der Waals surface area (Å²) >= 11 is 6.01. The lowest BCUT2D eigenvalue weighted by molar-refractivity contribution is -0.116. The monoisotopic (exact) mass is 371 g/mol. The molecule has 3 rings (SSSR count). The van der Waals surface area contributed by atoms with Gasteiger partial charge in [0.1, 0.15) is 12.3 Å². The van der Waals surface area contributed by atoms with Gasteiger partial charge in [-0.25, -0.2) is 4.98 Å². The summed E-state index contributed by atoms with van der Waals surface area (Å²) in [6, 6.07) is 12.0. The predicted molar refractivity (Wildman–Crippen MR) is 102 cm³/mol. The number of para-hydroxylation sites is 1. The van der Waals surface area contributed by atoms with Gasteiger partial charge in [-0.2, -0.15) is 0 Å². The first kappa shape index (κ1) is 17.9. The van der Waals surface area contributed by atoms with Crippen LogP contribution in [0.25, 0.3) is 10.9 Å². The first-order valence-corrected chi connectivity index (χ1v) is 8.62. The summed E-state index contributed by atoms with van der Waals surface area (Å²) in [6.07, 6.45) is 2.21. The van der Waals surface area contributed by atoms with Crippen LogP contribution in [0.3, 0.4) is 0 Å². The van der Waals surface area contributed by atoms with E-state index in [-0.39, 0.29) is 18.0 Å². The molecule has 1 aromatic heterocycles. The Morgan fingerprint density at radius 3 is 2.88 bits per heavy atom. The molecule has 1 heterocycles. The van der Waals surface area contributed by atoms with Crippen molar-refractivity contribution in [3.05, 3.63) is 64.2 Å². The van der Waals surface area contributed by atoms with Crippen molar-refractivity contribution >= 4 is 34.1 Å². The zero-order valence-corrected chi connectivity index (χ0v) is 15.0. The molecule has 0 saturated carbocycles. The number of amides is 1. The topological polar surface area (TPSA) is 73.2 Å². The molecular weight excluding hydrogens is 354 g/mol. The molecule has 0 aliphatic rings. The number of fused-ring (bicyclic) bond motifs is 1. The van der Waals surface area contributed by atoms with Gasteiger partial charge in [-0.3, -0.25) is 14.2 Å². The van der Waals surface area contributed by atoms with Crippen molar-refractivity contribution in [1.29, 1.82) is 0 Å². The van der Waals surface area contributed by atoms with E-state index in [4.69, 9.17) is 16.3 Å². The molecule has 0 radical (unpaired) electrons. The third-order valence-electron chi connectivity index (χ3n) is 3.72. The van der Waals surface area contributed by atoms with Crippen LogP contribution in [0.1, 0.15) is 13.3 Å². The summed E-state index contributed by atoms with van der Waals surface area (Å²) in [6.45, 7) is 2.36. The van der Waals surface area contributed by atoms with Crippen LogP contribution < -0.4 is 15.6 Å². The van der Waals surface area contributed by atoms with E-state index in [1.807, 2.05) is 13.0 Å². The maximum absolute atomic E-state index is 12.5. The summed E-state index contributed by atoms with van der Waals surface area (Å²) in [5.74, 6) is 0.168. The van der Waals surface area contributed by atoms with E-state index in [9.17, 15) is 9.59 Å². The lowest BCUT2D eigenvalue weighted by Gasteiger charge is -2.13. The Morgan fingerprint density at radius 2 is 2.08 bits per heavy atom. The van der Waals surface area contributed by atoms with E-state index >= 15 is 0 Å². The first-order valence-electron chi connectivity index (χ1n) is 8.25. The largest absolute Gasteiger partial charge is 0.491 e. The second kappa shape index (κ2) is 8.01. The fourth-order valence-electron chi connectivity index (χ4n) is 2.50. The van der Waals surface area contributed by atoms with Crippen LogP contribution in [0.5, 0.6) is 5.75 Å². The number of benzene rings is 2. The van der Waals surface area contributed by atoms with Crippen molar-refractivity contribution in [1.82, 2.24) is 9.55 Å². The van der Waals surface area contributed by atoms with E-state index in [2.05, 4.69) is 10.3 Å². The molecule has 3 aromatic rings. The fourth-order valence-corrected chi connectivity index (χ4v) is 2.67. The van der Waals surface area contributed by atoms with Crippen LogP contribution in [0.2, 0.25) is 5.02 Å². The van der Waals surface area contributed by atoms with E-state index in [0.29, 0.717) is 34.0 Å². The highest BCUT2D eigenvalue weighted by Gasteiger charge is 2.11. The maximum Gasteiger partial charge on any atom is 0.261 e. The smallest absolute Gasteiger partial charge is 0.261 e. The minimum absolute atomic E-state index is 0.156. The Hall–Kier alpha value is -2.86. The van der Waals surface area contributed by atoms with Gasteiger partial charge in [0.15, 0.2) is 0 Å². The molecule has 0 unspecified atom stereocenters. The molecule has 26 heavy (non-hydrogen) atoms. The SMILES string of the molecule is CCCOc1ccc(Cl)cc1NC(=O)Cn1cnc2ccccc2c1=O. The number of nitrogens with zero attached hydrogens (tertiary/aromatic N) is 2. The molecule has 1 amide bonds. The zero-order valence-electron chi connectivity index (χ0n) is 14.2. The third kappa shape index (κ3) is 4.03. The summed E-state index contributed by atoms with van der Waals surface area (Å²) in [5, 5.41) is 3.70. The average molecular weight is 372 g/mol. The van der Waals surface area contributed by atoms with Gasteiger partial charge in [0.2, 0.25) is 5.91 Å². The molecule has 1 N–H and O–H groups in total. The second-order valence-electron chi connectivity index (χ2n) is 5.73. The van der Waals surface area contributed by atoms with Crippen molar-refractivity contribution < 1.29 is 9.53 Å². The number of carbonyl (C=O) groups is 1. The number of anilines is 1. The highest BCUT2D eigenvalue weighted by Crippen LogP contribution is 2.28. The molecule has 134 valence electrons. The van der Waals surface area contributed by atoms with Gasteiger partial charge >= 0.3 is 0 Å². The van der Waals surface area contributed by atoms with Gasteiger partial charge in [-0.1, -0.05) is 30.7 Å². The van der Waals surface area contributed by atoms with Gasteiger partial charge in [-0.05, 0) is 36.8 Å². The van der Waals surface area contributed by atoms with Crippen LogP contribution in [0, 0.1) is 0 Å². The zero-order chi connectivity index (χ0) is 18.5. The van der Waals surface area contributed by atoms with E-state index in [1.165, 1.54) is 10.9 Å². The summed E-state index contributed by atoms with van der Waals surface area (Å²) < 4.78 is 6.89. The first-order chi connectivity index (χ1) is 12.6. The Bertz CT molecular complexity index is 1000. The predicted octanol–water partition coefficient (Wildman–Crippen LogP) is 3.48. The van der Waals surface area contributed by atoms with Crippen molar-refractivity contribution in [3.63, 3.8) is 0 Å². The number of nitrogens with one attached hydrogen (secondary N) is 1. The lowest BCUT2D eigenvalue weighted by Crippen LogP contribution is -2.28. The van der Waals surface area contributed by atoms with Crippen molar-refractivity contribution in [2.75, 3.05) is 11.9 Å². The number of aromatic nitrogens is 2. The lowest BCUT2D eigenvalue weighted by atomic mass is 10.2. The highest BCUT2D eigenvalue weighted by atomic mass is 35.5. The normalized spacial score (nSPS) is 10.7. The molecule has 0 atom stereocenters. The molecule has 0 saturated heterocycles. The minimum atomic E-state index is -0.368. The van der Waals surface area contributed by atoms with E-state index < -0.39 is 0 Å². The summed E-state index contributed by atoms with van der Waals surface area (Å²) in [5.41, 5.74) is 0.802. The van der Waals surface area contributed by atoms with Gasteiger partial charge in [-0.15, -0.1) is 0 Å². The summed E-state index contributed by atoms with van der Waals surface area (Å²) in [4.78, 5) is 29.1. The van der Waals surface area contributed by atoms with Crippen molar-refractivity contribution in [2.45, 2.75) is 19.9 Å². The number of carbonyl (C=O) groups excluding carboxylic acids is 1. The Balaban J connectivity index is 1.80. The van der Waals surface area contributed by atoms with Gasteiger partial charge < -0.3 is 10.1 Å². The molecule has 7 heteroatoms. The minimum Gasteiger partial charge on any atom is -0.491 e. The van der Waals surface area contributed by atoms with Crippen LogP contribution in [-0.2, 0) is 11.3 Å². The Morgan fingerprint density at radius 1 is 1.27 bits per heavy atom. The van der Waals surface area contributed by atoms with Crippen LogP contribution in [0.4, 0.5) is 5.69 Å². The van der Waals surface area contributed by atoms with Gasteiger partial charge in [0.05, 0.1) is 29.5 Å². The molecule has 0 bridgehead atoms. The Labute approximate surface area is 155 Å². The van der Waals surface area contributed by atoms with Crippen LogP contribution >= 0.6 is 11.6 Å². The average Bonchev–Trinajstić information content (AvgIpc) is 2.63. The van der Waals surface area contributed by atoms with Gasteiger partial charge in [0, 0.05) is 5.02 Å². The second-order valence-corrected chi connectivity index (χ2v) is 6.17. The molecule has 2 aromatic carbocycles. The molecule has 6 nitrogen and oxygen atoms in total. The van der Waals surface area contributed by atoms with E-state index in [1.54, 1.807) is 36.4 Å². The quantitative estimate of drug-likeness (QED) is 0.720. The number of hydrogen-bond acceptors (Lipinski definition) is 4. The molecule has 0 aliphatic carbocycles. The van der Waals surface area contributed by atoms with Gasteiger partial charge in [0.25, 0.3) is 5.56 Å². The molecule has 0 aliphatic heterocycles. The van der Waals surface area contributed by atoms with Crippen molar-refractivity contribution in [3.8, 4) is 5.75 Å². The number of ether oxygens (including phenoxy) is 1. The summed E-state index contributed by atoms with van der Waals surface area (Å²) in [7, 11) is 0. The van der Waals surface area contributed by atoms with E-state index in [0.717, 1.165) is 6.42 Å². The number of halogens is 1. The van der Waals surface area contributed by atoms with Crippen molar-refractivity contribution in [2.24, 2.45) is 0 Å². The molecule has 0 fully saturated rings. The molecular formula is C19H18ClN3O3. The maximum atomic E-state index is 12.5. The number of rotatable bonds is 6. The van der Waals surface area contributed by atoms with Crippen LogP contribution in [-0.4, -0.2) is 22.1 Å². The molecule has 0 spiro atoms. The van der Waals surface area contributed by atoms with Crippen LogP contribution in [0.15, 0.2) is 53.6 Å². The third-order valence-corrected chi connectivity index (χ3v) is 3.96. The standard InChI is InChI=1S/C19H18ClN3O3/c1-2-9-26-17-8-7-13(20)10-16(17)22-18(24)11-23-12-21-15-6-4-3-5-14(15)19(23)25/h3-8,10,12H,2,9,11H2,1H3,(H,22,24).